The summed E-state index contributed by atoms with van der Waals surface area (Å²) < 4.78 is 21.0. The Morgan fingerprint density at radius 3 is 2.40 bits per heavy atom. The average molecular weight is 416 g/mol. The Hall–Kier alpha value is -3.42. The maximum absolute atomic E-state index is 12.3. The lowest BCUT2D eigenvalue weighted by Crippen LogP contribution is -2.20. The van der Waals surface area contributed by atoms with Crippen molar-refractivity contribution < 1.29 is 38.7 Å². The Labute approximate surface area is 173 Å². The van der Waals surface area contributed by atoms with Crippen LogP contribution in [-0.2, 0) is 27.2 Å². The summed E-state index contributed by atoms with van der Waals surface area (Å²) in [6.07, 6.45) is 1.01. The van der Waals surface area contributed by atoms with Crippen molar-refractivity contribution >= 4 is 11.9 Å². The van der Waals surface area contributed by atoms with Crippen LogP contribution >= 0.6 is 0 Å². The van der Waals surface area contributed by atoms with E-state index >= 15 is 0 Å². The molecule has 0 spiro atoms. The van der Waals surface area contributed by atoms with Gasteiger partial charge in [-0.25, -0.2) is 4.79 Å². The molecule has 3 rings (SSSR count). The highest BCUT2D eigenvalue weighted by molar-refractivity contribution is 5.75. The van der Waals surface area contributed by atoms with E-state index in [4.69, 9.17) is 24.1 Å². The van der Waals surface area contributed by atoms with Crippen LogP contribution in [0.3, 0.4) is 0 Å². The van der Waals surface area contributed by atoms with Gasteiger partial charge in [-0.1, -0.05) is 12.1 Å². The van der Waals surface area contributed by atoms with Crippen LogP contribution in [0, 0.1) is 11.8 Å². The summed E-state index contributed by atoms with van der Waals surface area (Å²) in [5, 5.41) is 18.6. The lowest BCUT2D eigenvalue weighted by atomic mass is 9.85. The molecule has 8 heteroatoms. The molecule has 1 saturated heterocycles. The zero-order valence-corrected chi connectivity index (χ0v) is 16.8. The molecule has 8 nitrogen and oxygen atoms in total. The molecule has 0 aromatic heterocycles. The summed E-state index contributed by atoms with van der Waals surface area (Å²) in [5.41, 5.74) is 1.74. The van der Waals surface area contributed by atoms with E-state index in [0.29, 0.717) is 30.9 Å². The number of aromatic hydroxyl groups is 1. The number of aliphatic carboxylic acids is 1. The molecule has 1 aliphatic rings. The number of carboxylic acid groups (broad SMARTS) is 1. The highest BCUT2D eigenvalue weighted by atomic mass is 16.5. The van der Waals surface area contributed by atoms with Gasteiger partial charge < -0.3 is 29.2 Å². The van der Waals surface area contributed by atoms with Gasteiger partial charge in [0.05, 0.1) is 26.7 Å². The van der Waals surface area contributed by atoms with Crippen molar-refractivity contribution in [2.24, 2.45) is 11.8 Å². The van der Waals surface area contributed by atoms with E-state index in [1.54, 1.807) is 26.4 Å². The lowest BCUT2D eigenvalue weighted by molar-refractivity contribution is -0.141. The van der Waals surface area contributed by atoms with E-state index in [2.05, 4.69) is 0 Å². The number of benzene rings is 2. The Balaban J connectivity index is 1.74. The molecule has 0 aliphatic carbocycles. The van der Waals surface area contributed by atoms with Gasteiger partial charge in [-0.3, -0.25) is 4.79 Å². The summed E-state index contributed by atoms with van der Waals surface area (Å²) in [6.45, 7) is -0.247. The molecule has 1 heterocycles. The average Bonchev–Trinajstić information content (AvgIpc) is 3.07. The molecule has 0 radical (unpaired) electrons. The molecular weight excluding hydrogens is 392 g/mol. The van der Waals surface area contributed by atoms with Gasteiger partial charge >= 0.3 is 11.9 Å². The van der Waals surface area contributed by atoms with Crippen molar-refractivity contribution in [3.63, 3.8) is 0 Å². The molecular formula is C22H24O8. The number of hydrogen-bond acceptors (Lipinski definition) is 7. The van der Waals surface area contributed by atoms with Gasteiger partial charge in [-0.2, -0.15) is 0 Å². The second kappa shape index (κ2) is 9.39. The predicted octanol–water partition coefficient (Wildman–Crippen LogP) is 2.45. The van der Waals surface area contributed by atoms with Crippen molar-refractivity contribution in [2.75, 3.05) is 27.4 Å². The first kappa shape index (κ1) is 21.3. The van der Waals surface area contributed by atoms with E-state index in [0.717, 1.165) is 11.1 Å². The number of hydrogen-bond donors (Lipinski definition) is 2. The van der Waals surface area contributed by atoms with Crippen LogP contribution in [-0.4, -0.2) is 49.6 Å². The van der Waals surface area contributed by atoms with Gasteiger partial charge in [0.25, 0.3) is 0 Å². The van der Waals surface area contributed by atoms with Crippen LogP contribution in [0.2, 0.25) is 0 Å². The number of ether oxygens (including phenoxy) is 4. The minimum Gasteiger partial charge on any atom is -0.504 e. The maximum Gasteiger partial charge on any atom is 0.341 e. The Morgan fingerprint density at radius 1 is 1.03 bits per heavy atom. The lowest BCUT2D eigenvalue weighted by Gasteiger charge is -2.17. The number of esters is 1. The van der Waals surface area contributed by atoms with E-state index in [1.807, 2.05) is 18.2 Å². The molecule has 0 amide bonds. The highest BCUT2D eigenvalue weighted by Crippen LogP contribution is 2.34. The molecule has 1 fully saturated rings. The van der Waals surface area contributed by atoms with Gasteiger partial charge in [0.15, 0.2) is 29.6 Å². The van der Waals surface area contributed by atoms with Crippen LogP contribution in [0.5, 0.6) is 23.0 Å². The number of phenols is 1. The Kier molecular flexibility index (Phi) is 6.66. The number of cyclic esters (lactones) is 1. The number of carboxylic acids is 1. The van der Waals surface area contributed by atoms with Crippen molar-refractivity contribution in [3.05, 3.63) is 47.5 Å². The number of carbonyl (C=O) groups is 2. The van der Waals surface area contributed by atoms with Crippen LogP contribution in [0.25, 0.3) is 0 Å². The van der Waals surface area contributed by atoms with Gasteiger partial charge in [-0.05, 0) is 48.2 Å². The van der Waals surface area contributed by atoms with Crippen molar-refractivity contribution in [3.8, 4) is 23.0 Å². The monoisotopic (exact) mass is 416 g/mol. The fourth-order valence-corrected chi connectivity index (χ4v) is 3.56. The van der Waals surface area contributed by atoms with Gasteiger partial charge in [0.1, 0.15) is 0 Å². The zero-order chi connectivity index (χ0) is 21.7. The number of carbonyl (C=O) groups excluding carboxylic acids is 1. The van der Waals surface area contributed by atoms with Gasteiger partial charge in [0, 0.05) is 5.92 Å². The summed E-state index contributed by atoms with van der Waals surface area (Å²) in [6, 6.07) is 10.3. The first-order valence-electron chi connectivity index (χ1n) is 9.45. The second-order valence-electron chi connectivity index (χ2n) is 7.08. The molecule has 2 N–H and O–H groups in total. The molecule has 0 saturated carbocycles. The van der Waals surface area contributed by atoms with Crippen LogP contribution in [0.1, 0.15) is 11.1 Å². The van der Waals surface area contributed by atoms with E-state index < -0.39 is 12.6 Å². The standard InChI is InChI=1S/C22H24O8/c1-27-18-6-4-13(10-20(18)28-2)7-15-11-30-22(26)16(15)8-14-3-5-17(23)19(9-14)29-12-21(24)25/h3-6,9-10,15-16,23H,7-8,11-12H2,1-2H3,(H,24,25)/t15-,16+/m0/s1. The Bertz CT molecular complexity index is 923. The third-order valence-corrected chi connectivity index (χ3v) is 5.09. The smallest absolute Gasteiger partial charge is 0.341 e. The highest BCUT2D eigenvalue weighted by Gasteiger charge is 2.37. The van der Waals surface area contributed by atoms with E-state index in [1.165, 1.54) is 6.07 Å². The summed E-state index contributed by atoms with van der Waals surface area (Å²) in [4.78, 5) is 23.1. The fourth-order valence-electron chi connectivity index (χ4n) is 3.56. The Morgan fingerprint density at radius 2 is 1.70 bits per heavy atom. The van der Waals surface area contributed by atoms with Crippen LogP contribution < -0.4 is 14.2 Å². The largest absolute Gasteiger partial charge is 0.504 e. The molecule has 2 aromatic carbocycles. The molecule has 160 valence electrons. The third-order valence-electron chi connectivity index (χ3n) is 5.09. The van der Waals surface area contributed by atoms with Crippen molar-refractivity contribution in [2.45, 2.75) is 12.8 Å². The normalized spacial score (nSPS) is 18.0. The maximum atomic E-state index is 12.3. The van der Waals surface area contributed by atoms with Crippen LogP contribution in [0.4, 0.5) is 0 Å². The molecule has 0 unspecified atom stereocenters. The molecule has 0 bridgehead atoms. The fraction of sp³-hybridized carbons (Fsp3) is 0.364. The molecule has 1 aliphatic heterocycles. The predicted molar refractivity (Wildman–Crippen MR) is 106 cm³/mol. The first-order chi connectivity index (χ1) is 14.4. The topological polar surface area (TPSA) is 112 Å². The summed E-state index contributed by atoms with van der Waals surface area (Å²) >= 11 is 0. The summed E-state index contributed by atoms with van der Waals surface area (Å²) in [5.74, 6) is -0.655. The SMILES string of the molecule is COc1ccc(C[C@H]2COC(=O)[C@@H]2Cc2ccc(O)c(OCC(=O)O)c2)cc1OC. The zero-order valence-electron chi connectivity index (χ0n) is 16.8. The van der Waals surface area contributed by atoms with E-state index in [-0.39, 0.29) is 29.3 Å². The molecule has 30 heavy (non-hydrogen) atoms. The quantitative estimate of drug-likeness (QED) is 0.600. The number of phenolic OH excluding ortho intramolecular Hbond substituents is 1. The first-order valence-corrected chi connectivity index (χ1v) is 9.45. The minimum atomic E-state index is -1.14. The third kappa shape index (κ3) is 4.94. The minimum absolute atomic E-state index is 0.0345. The van der Waals surface area contributed by atoms with Gasteiger partial charge in [0.2, 0.25) is 0 Å². The second-order valence-corrected chi connectivity index (χ2v) is 7.08. The van der Waals surface area contributed by atoms with E-state index in [9.17, 15) is 14.7 Å². The number of rotatable bonds is 9. The van der Waals surface area contributed by atoms with Crippen molar-refractivity contribution in [1.82, 2.24) is 0 Å². The van der Waals surface area contributed by atoms with Crippen molar-refractivity contribution in [1.29, 1.82) is 0 Å². The molecule has 2 atom stereocenters. The molecule has 2 aromatic rings. The van der Waals surface area contributed by atoms with Crippen LogP contribution in [0.15, 0.2) is 36.4 Å². The van der Waals surface area contributed by atoms with Gasteiger partial charge in [-0.15, -0.1) is 0 Å². The summed E-state index contributed by atoms with van der Waals surface area (Å²) in [7, 11) is 3.14. The number of methoxy groups -OCH3 is 2.